The second-order valence-corrected chi connectivity index (χ2v) is 8.12. The number of nitrogens with one attached hydrogen (secondary N) is 1. The second kappa shape index (κ2) is 8.38. The number of H-pyrrole nitrogens is 1. The van der Waals surface area contributed by atoms with Gasteiger partial charge >= 0.3 is 0 Å². The number of hydrogen-bond donors (Lipinski definition) is 1. The van der Waals surface area contributed by atoms with E-state index in [0.29, 0.717) is 41.2 Å². The Morgan fingerprint density at radius 2 is 1.79 bits per heavy atom. The average Bonchev–Trinajstić information content (AvgIpc) is 3.29. The summed E-state index contributed by atoms with van der Waals surface area (Å²) in [6.45, 7) is 0. The number of carbonyl (C=O) groups is 1. The van der Waals surface area contributed by atoms with Gasteiger partial charge in [-0.3, -0.25) is 9.59 Å². The first-order valence-electron chi connectivity index (χ1n) is 10.7. The van der Waals surface area contributed by atoms with E-state index in [9.17, 15) is 9.59 Å². The Kier molecular flexibility index (Phi) is 5.26. The summed E-state index contributed by atoms with van der Waals surface area (Å²) in [6.07, 6.45) is 1.90. The molecule has 0 spiro atoms. The lowest BCUT2D eigenvalue weighted by Crippen LogP contribution is -2.20. The number of benzene rings is 2. The Labute approximate surface area is 189 Å². The van der Waals surface area contributed by atoms with Crippen LogP contribution in [0.3, 0.4) is 0 Å². The first-order valence-corrected chi connectivity index (χ1v) is 10.7. The maximum Gasteiger partial charge on any atom is 0.263 e. The minimum absolute atomic E-state index is 0.0141. The van der Waals surface area contributed by atoms with Crippen LogP contribution < -0.4 is 15.2 Å². The summed E-state index contributed by atoms with van der Waals surface area (Å²) in [5, 5.41) is 4.01. The summed E-state index contributed by atoms with van der Waals surface area (Å²) in [7, 11) is 3.95. The molecule has 4 aromatic rings. The minimum atomic E-state index is -0.345. The van der Waals surface area contributed by atoms with Crippen molar-refractivity contribution in [1.82, 2.24) is 15.1 Å². The molecule has 0 aliphatic heterocycles. The molecule has 33 heavy (non-hydrogen) atoms. The maximum atomic E-state index is 12.5. The van der Waals surface area contributed by atoms with Crippen LogP contribution in [0.4, 0.5) is 5.69 Å². The van der Waals surface area contributed by atoms with Crippen molar-refractivity contribution in [2.24, 2.45) is 0 Å². The Hall–Kier alpha value is -4.20. The van der Waals surface area contributed by atoms with Crippen molar-refractivity contribution in [2.75, 3.05) is 19.0 Å². The lowest BCUT2D eigenvalue weighted by atomic mass is 9.94. The van der Waals surface area contributed by atoms with Crippen molar-refractivity contribution >= 4 is 11.5 Å². The summed E-state index contributed by atoms with van der Waals surface area (Å²) < 4.78 is 11.3. The first kappa shape index (κ1) is 20.7. The fraction of sp³-hybridized carbons (Fsp3) is 0.200. The summed E-state index contributed by atoms with van der Waals surface area (Å²) in [5.41, 5.74) is 2.81. The highest BCUT2D eigenvalue weighted by molar-refractivity contribution is 5.98. The van der Waals surface area contributed by atoms with E-state index >= 15 is 0 Å². The molecule has 1 N–H and O–H groups in total. The van der Waals surface area contributed by atoms with Crippen LogP contribution in [0, 0.1) is 0 Å². The van der Waals surface area contributed by atoms with E-state index in [0.717, 1.165) is 17.9 Å². The number of nitrogens with zero attached hydrogens (tertiary/aromatic N) is 3. The summed E-state index contributed by atoms with van der Waals surface area (Å²) in [5.74, 6) is 1.84. The molecule has 2 heterocycles. The number of pyridine rings is 1. The maximum absolute atomic E-state index is 12.5. The topological polar surface area (TPSA) is 101 Å². The van der Waals surface area contributed by atoms with E-state index in [2.05, 4.69) is 15.1 Å². The Morgan fingerprint density at radius 3 is 2.58 bits per heavy atom. The Bertz CT molecular complexity index is 1390. The Morgan fingerprint density at radius 1 is 0.970 bits per heavy atom. The number of hydrogen-bond acceptors (Lipinski definition) is 7. The van der Waals surface area contributed by atoms with Gasteiger partial charge in [0.15, 0.2) is 5.78 Å². The van der Waals surface area contributed by atoms with E-state index in [1.165, 1.54) is 0 Å². The van der Waals surface area contributed by atoms with Crippen LogP contribution in [0.1, 0.15) is 28.9 Å². The summed E-state index contributed by atoms with van der Waals surface area (Å²) >= 11 is 0. The fourth-order valence-electron chi connectivity index (χ4n) is 3.82. The molecular weight excluding hydrogens is 420 g/mol. The number of rotatable bonds is 5. The number of carbonyl (C=O) groups excluding carboxylic acids is 1. The number of anilines is 1. The number of fused-ring (bicyclic) bond motifs is 1. The molecule has 0 saturated heterocycles. The van der Waals surface area contributed by atoms with Gasteiger partial charge in [-0.1, -0.05) is 11.2 Å². The number of aromatic amines is 1. The van der Waals surface area contributed by atoms with Crippen molar-refractivity contribution < 1.29 is 14.1 Å². The van der Waals surface area contributed by atoms with Crippen molar-refractivity contribution in [2.45, 2.75) is 19.3 Å². The molecule has 2 aromatic carbocycles. The van der Waals surface area contributed by atoms with Gasteiger partial charge < -0.3 is 19.1 Å². The SMILES string of the molecule is CN(C)c1cccc(Oc2ccc(-c3noc(-c4cc5c([nH]c4=O)CCCC5=O)n3)cc2)c1. The second-order valence-electron chi connectivity index (χ2n) is 8.12. The van der Waals surface area contributed by atoms with Crippen LogP contribution in [0.5, 0.6) is 11.5 Å². The quantitative estimate of drug-likeness (QED) is 0.487. The van der Waals surface area contributed by atoms with Crippen molar-refractivity contribution in [3.05, 3.63) is 76.2 Å². The fourth-order valence-corrected chi connectivity index (χ4v) is 3.82. The molecule has 8 nitrogen and oxygen atoms in total. The van der Waals surface area contributed by atoms with Crippen molar-refractivity contribution in [3.8, 4) is 34.3 Å². The third-order valence-corrected chi connectivity index (χ3v) is 5.59. The van der Waals surface area contributed by atoms with Crippen LogP contribution in [0.15, 0.2) is 63.9 Å². The van der Waals surface area contributed by atoms with Gasteiger partial charge in [-0.2, -0.15) is 4.98 Å². The molecule has 0 fully saturated rings. The molecule has 0 saturated carbocycles. The third kappa shape index (κ3) is 4.15. The molecule has 1 aliphatic rings. The highest BCUT2D eigenvalue weighted by Crippen LogP contribution is 2.28. The lowest BCUT2D eigenvalue weighted by molar-refractivity contribution is 0.0971. The van der Waals surface area contributed by atoms with Gasteiger partial charge in [0, 0.05) is 49.1 Å². The molecule has 1 aliphatic carbocycles. The van der Waals surface area contributed by atoms with Gasteiger partial charge in [0.1, 0.15) is 17.1 Å². The monoisotopic (exact) mass is 442 g/mol. The Balaban J connectivity index is 1.38. The van der Waals surface area contributed by atoms with Crippen molar-refractivity contribution in [3.63, 3.8) is 0 Å². The van der Waals surface area contributed by atoms with Gasteiger partial charge in [-0.25, -0.2) is 0 Å². The molecule has 5 rings (SSSR count). The van der Waals surface area contributed by atoms with E-state index in [4.69, 9.17) is 9.26 Å². The third-order valence-electron chi connectivity index (χ3n) is 5.59. The predicted molar refractivity (Wildman–Crippen MR) is 124 cm³/mol. The molecule has 166 valence electrons. The van der Waals surface area contributed by atoms with Crippen LogP contribution >= 0.6 is 0 Å². The standard InChI is InChI=1S/C25H22N4O4/c1-29(2)16-5-3-6-18(13-16)32-17-11-9-15(10-12-17)23-27-25(33-28-23)20-14-19-21(26-24(20)31)7-4-8-22(19)30/h3,5-6,9-14H,4,7-8H2,1-2H3,(H,26,31). The van der Waals surface area contributed by atoms with Gasteiger partial charge in [0.25, 0.3) is 11.4 Å². The molecular formula is C25H22N4O4. The lowest BCUT2D eigenvalue weighted by Gasteiger charge is -2.14. The molecule has 8 heteroatoms. The van der Waals surface area contributed by atoms with Gasteiger partial charge in [-0.15, -0.1) is 0 Å². The molecule has 0 radical (unpaired) electrons. The van der Waals surface area contributed by atoms with Gasteiger partial charge in [-0.05, 0) is 55.3 Å². The van der Waals surface area contributed by atoms with Crippen LogP contribution in [0.25, 0.3) is 22.8 Å². The van der Waals surface area contributed by atoms with Crippen LogP contribution in [-0.4, -0.2) is 35.0 Å². The van der Waals surface area contributed by atoms with Gasteiger partial charge in [0.05, 0.1) is 0 Å². The summed E-state index contributed by atoms with van der Waals surface area (Å²) in [6, 6.07) is 16.6. The average molecular weight is 442 g/mol. The summed E-state index contributed by atoms with van der Waals surface area (Å²) in [4.78, 5) is 33.9. The van der Waals surface area contributed by atoms with Crippen LogP contribution in [0.2, 0.25) is 0 Å². The van der Waals surface area contributed by atoms with E-state index in [-0.39, 0.29) is 22.8 Å². The number of ether oxygens (including phenoxy) is 1. The smallest absolute Gasteiger partial charge is 0.263 e. The largest absolute Gasteiger partial charge is 0.457 e. The number of aromatic nitrogens is 3. The highest BCUT2D eigenvalue weighted by Gasteiger charge is 2.22. The van der Waals surface area contributed by atoms with Crippen LogP contribution in [-0.2, 0) is 6.42 Å². The van der Waals surface area contributed by atoms with E-state index in [1.807, 2.05) is 67.5 Å². The number of ketones is 1. The van der Waals surface area contributed by atoms with E-state index < -0.39 is 0 Å². The number of aryl methyl sites for hydroxylation is 1. The zero-order valence-electron chi connectivity index (χ0n) is 18.3. The highest BCUT2D eigenvalue weighted by atomic mass is 16.5. The molecule has 0 atom stereocenters. The first-order chi connectivity index (χ1) is 16.0. The van der Waals surface area contributed by atoms with Gasteiger partial charge in [0.2, 0.25) is 5.82 Å². The predicted octanol–water partition coefficient (Wildman–Crippen LogP) is 4.47. The normalized spacial score (nSPS) is 13.0. The molecule has 0 bridgehead atoms. The number of Topliss-reactive ketones (excluding diaryl/α,β-unsaturated/α-hetero) is 1. The zero-order valence-corrected chi connectivity index (χ0v) is 18.3. The molecule has 0 unspecified atom stereocenters. The molecule has 2 aromatic heterocycles. The minimum Gasteiger partial charge on any atom is -0.457 e. The van der Waals surface area contributed by atoms with Crippen molar-refractivity contribution in [1.29, 1.82) is 0 Å². The zero-order chi connectivity index (χ0) is 22.9. The molecule has 0 amide bonds. The van der Waals surface area contributed by atoms with E-state index in [1.54, 1.807) is 6.07 Å².